The first kappa shape index (κ1) is 16.6. The van der Waals surface area contributed by atoms with Crippen LogP contribution in [0.25, 0.3) is 0 Å². The van der Waals surface area contributed by atoms with Gasteiger partial charge < -0.3 is 5.73 Å². The van der Waals surface area contributed by atoms with Crippen molar-refractivity contribution in [3.63, 3.8) is 0 Å². The molecule has 2 atom stereocenters. The van der Waals surface area contributed by atoms with E-state index in [1.165, 1.54) is 6.26 Å². The van der Waals surface area contributed by atoms with E-state index in [4.69, 9.17) is 5.73 Å². The molecule has 1 heterocycles. The van der Waals surface area contributed by atoms with Crippen molar-refractivity contribution in [2.45, 2.75) is 24.3 Å². The normalized spacial score (nSPS) is 24.1. The quantitative estimate of drug-likeness (QED) is 0.704. The lowest BCUT2D eigenvalue weighted by Crippen LogP contribution is -2.54. The standard InChI is InChI=1S/C11H24N2O2S3/c1-16-6-3-4-10(8-12)13-5-7-17-9-11(13)18(2,14)15/h10-11H,3-9,12H2,1-2H3. The van der Waals surface area contributed by atoms with Gasteiger partial charge in [0.1, 0.15) is 5.37 Å². The van der Waals surface area contributed by atoms with E-state index in [9.17, 15) is 8.42 Å². The van der Waals surface area contributed by atoms with Gasteiger partial charge in [-0.3, -0.25) is 4.90 Å². The second kappa shape index (κ2) is 7.99. The second-order valence-electron chi connectivity index (χ2n) is 4.62. The Morgan fingerprint density at radius 1 is 1.56 bits per heavy atom. The molecular formula is C11H24N2O2S3. The van der Waals surface area contributed by atoms with E-state index >= 15 is 0 Å². The van der Waals surface area contributed by atoms with Gasteiger partial charge in [0.25, 0.3) is 0 Å². The van der Waals surface area contributed by atoms with Gasteiger partial charge in [0, 0.05) is 36.9 Å². The summed E-state index contributed by atoms with van der Waals surface area (Å²) in [7, 11) is -3.02. The van der Waals surface area contributed by atoms with Gasteiger partial charge in [-0.25, -0.2) is 8.42 Å². The maximum absolute atomic E-state index is 11.8. The molecule has 2 unspecified atom stereocenters. The van der Waals surface area contributed by atoms with E-state index in [-0.39, 0.29) is 11.4 Å². The summed E-state index contributed by atoms with van der Waals surface area (Å²) in [6.45, 7) is 1.38. The fourth-order valence-electron chi connectivity index (χ4n) is 2.26. The number of nitrogens with zero attached hydrogens (tertiary/aromatic N) is 1. The van der Waals surface area contributed by atoms with Crippen molar-refractivity contribution in [3.8, 4) is 0 Å². The third kappa shape index (κ3) is 4.92. The highest BCUT2D eigenvalue weighted by Gasteiger charge is 2.34. The van der Waals surface area contributed by atoms with Crippen LogP contribution in [0.2, 0.25) is 0 Å². The SMILES string of the molecule is CSCCCC(CN)N1CCSCC1S(C)(=O)=O. The summed E-state index contributed by atoms with van der Waals surface area (Å²) in [4.78, 5) is 2.12. The maximum Gasteiger partial charge on any atom is 0.164 e. The van der Waals surface area contributed by atoms with Gasteiger partial charge in [-0.1, -0.05) is 0 Å². The molecule has 0 spiro atoms. The van der Waals surface area contributed by atoms with Crippen molar-refractivity contribution in [1.82, 2.24) is 4.90 Å². The molecule has 0 amide bonds. The minimum Gasteiger partial charge on any atom is -0.329 e. The number of hydrogen-bond acceptors (Lipinski definition) is 6. The molecule has 18 heavy (non-hydrogen) atoms. The predicted molar refractivity (Wildman–Crippen MR) is 83.1 cm³/mol. The summed E-state index contributed by atoms with van der Waals surface area (Å²) in [5, 5.41) is -0.348. The summed E-state index contributed by atoms with van der Waals surface area (Å²) >= 11 is 3.55. The van der Waals surface area contributed by atoms with Crippen LogP contribution in [0.5, 0.6) is 0 Å². The van der Waals surface area contributed by atoms with Crippen LogP contribution >= 0.6 is 23.5 Å². The van der Waals surface area contributed by atoms with Crippen LogP contribution in [0.1, 0.15) is 12.8 Å². The summed E-state index contributed by atoms with van der Waals surface area (Å²) in [6, 6.07) is 0.206. The molecule has 1 aliphatic rings. The van der Waals surface area contributed by atoms with Crippen LogP contribution in [0.15, 0.2) is 0 Å². The Labute approximate surface area is 119 Å². The van der Waals surface area contributed by atoms with Crippen LogP contribution in [0, 0.1) is 0 Å². The van der Waals surface area contributed by atoms with Crippen LogP contribution in [-0.4, -0.2) is 67.6 Å². The molecule has 4 nitrogen and oxygen atoms in total. The lowest BCUT2D eigenvalue weighted by molar-refractivity contribution is 0.186. The highest BCUT2D eigenvalue weighted by Crippen LogP contribution is 2.24. The molecule has 1 aliphatic heterocycles. The Kier molecular flexibility index (Phi) is 7.38. The molecule has 1 fully saturated rings. The van der Waals surface area contributed by atoms with Gasteiger partial charge in [0.2, 0.25) is 0 Å². The molecule has 0 radical (unpaired) electrons. The third-order valence-corrected chi connectivity index (χ3v) is 6.60. The largest absolute Gasteiger partial charge is 0.329 e. The Bertz CT molecular complexity index is 335. The van der Waals surface area contributed by atoms with Crippen molar-refractivity contribution in [3.05, 3.63) is 0 Å². The topological polar surface area (TPSA) is 63.4 Å². The van der Waals surface area contributed by atoms with Crippen molar-refractivity contribution < 1.29 is 8.42 Å². The van der Waals surface area contributed by atoms with Crippen LogP contribution in [0.3, 0.4) is 0 Å². The van der Waals surface area contributed by atoms with Gasteiger partial charge in [0.05, 0.1) is 0 Å². The molecule has 108 valence electrons. The second-order valence-corrected chi connectivity index (χ2v) is 8.96. The van der Waals surface area contributed by atoms with Gasteiger partial charge in [-0.05, 0) is 24.9 Å². The highest BCUT2D eigenvalue weighted by atomic mass is 32.2. The fourth-order valence-corrected chi connectivity index (χ4v) is 5.67. The van der Waals surface area contributed by atoms with Crippen LogP contribution in [0.4, 0.5) is 0 Å². The molecule has 2 N–H and O–H groups in total. The first-order chi connectivity index (χ1) is 8.50. The summed E-state index contributed by atoms with van der Waals surface area (Å²) in [6.07, 6.45) is 5.53. The lowest BCUT2D eigenvalue weighted by atomic mass is 10.1. The third-order valence-electron chi connectivity index (χ3n) is 3.25. The molecule has 1 rings (SSSR count). The Balaban J connectivity index is 2.68. The van der Waals surface area contributed by atoms with E-state index < -0.39 is 9.84 Å². The van der Waals surface area contributed by atoms with Gasteiger partial charge in [-0.15, -0.1) is 0 Å². The zero-order chi connectivity index (χ0) is 13.6. The van der Waals surface area contributed by atoms with E-state index in [1.807, 2.05) is 11.8 Å². The molecule has 0 bridgehead atoms. The summed E-state index contributed by atoms with van der Waals surface area (Å²) in [5.74, 6) is 2.80. The Hall–Kier alpha value is 0.570. The van der Waals surface area contributed by atoms with Gasteiger partial charge in [-0.2, -0.15) is 23.5 Å². The fraction of sp³-hybridized carbons (Fsp3) is 1.00. The number of hydrogen-bond donors (Lipinski definition) is 1. The molecule has 0 saturated carbocycles. The number of sulfone groups is 1. The minimum absolute atomic E-state index is 0.206. The Morgan fingerprint density at radius 3 is 2.83 bits per heavy atom. The van der Waals surface area contributed by atoms with Crippen LogP contribution < -0.4 is 5.73 Å². The molecule has 7 heteroatoms. The average molecular weight is 313 g/mol. The van der Waals surface area contributed by atoms with Crippen molar-refractivity contribution in [2.24, 2.45) is 5.73 Å². The van der Waals surface area contributed by atoms with Gasteiger partial charge >= 0.3 is 0 Å². The van der Waals surface area contributed by atoms with Crippen molar-refractivity contribution in [2.75, 3.05) is 42.9 Å². The van der Waals surface area contributed by atoms with Crippen molar-refractivity contribution in [1.29, 1.82) is 0 Å². The lowest BCUT2D eigenvalue weighted by Gasteiger charge is -2.39. The summed E-state index contributed by atoms with van der Waals surface area (Å²) < 4.78 is 23.7. The maximum atomic E-state index is 11.8. The van der Waals surface area contributed by atoms with E-state index in [0.29, 0.717) is 12.3 Å². The first-order valence-corrected chi connectivity index (χ1v) is 10.7. The van der Waals surface area contributed by atoms with Crippen molar-refractivity contribution >= 4 is 33.4 Å². The predicted octanol–water partition coefficient (Wildman–Crippen LogP) is 0.876. The minimum atomic E-state index is -3.02. The number of nitrogens with two attached hydrogens (primary N) is 1. The monoisotopic (exact) mass is 312 g/mol. The number of rotatable bonds is 7. The van der Waals surface area contributed by atoms with E-state index in [2.05, 4.69) is 11.2 Å². The molecule has 0 aromatic heterocycles. The van der Waals surface area contributed by atoms with Gasteiger partial charge in [0.15, 0.2) is 9.84 Å². The smallest absolute Gasteiger partial charge is 0.164 e. The molecule has 1 saturated heterocycles. The molecular weight excluding hydrogens is 288 g/mol. The number of thioether (sulfide) groups is 2. The average Bonchev–Trinajstić information content (AvgIpc) is 2.34. The molecule has 0 aromatic rings. The zero-order valence-corrected chi connectivity index (χ0v) is 13.6. The molecule has 0 aromatic carbocycles. The van der Waals surface area contributed by atoms with Crippen LogP contribution in [-0.2, 0) is 9.84 Å². The molecule has 0 aliphatic carbocycles. The van der Waals surface area contributed by atoms with E-state index in [0.717, 1.165) is 30.9 Å². The first-order valence-electron chi connectivity index (χ1n) is 6.22. The Morgan fingerprint density at radius 2 is 2.28 bits per heavy atom. The highest BCUT2D eigenvalue weighted by molar-refractivity contribution is 8.00. The van der Waals surface area contributed by atoms with E-state index in [1.54, 1.807) is 11.8 Å². The zero-order valence-electron chi connectivity index (χ0n) is 11.2. The summed E-state index contributed by atoms with van der Waals surface area (Å²) in [5.41, 5.74) is 5.84.